The molecule has 0 aliphatic heterocycles. The summed E-state index contributed by atoms with van der Waals surface area (Å²) in [6, 6.07) is -2.08. The highest BCUT2D eigenvalue weighted by atomic mass is 16.4. The summed E-state index contributed by atoms with van der Waals surface area (Å²) in [6.07, 6.45) is -0.627. The van der Waals surface area contributed by atoms with Crippen LogP contribution in [0.25, 0.3) is 0 Å². The molecule has 0 spiro atoms. The van der Waals surface area contributed by atoms with Crippen LogP contribution in [0.3, 0.4) is 0 Å². The van der Waals surface area contributed by atoms with Gasteiger partial charge in [0.1, 0.15) is 6.04 Å². The molecule has 0 aromatic rings. The molecular formula is C12H21N3O6. The summed E-state index contributed by atoms with van der Waals surface area (Å²) in [7, 11) is 0. The van der Waals surface area contributed by atoms with Gasteiger partial charge in [0.15, 0.2) is 0 Å². The van der Waals surface area contributed by atoms with Gasteiger partial charge < -0.3 is 26.6 Å². The van der Waals surface area contributed by atoms with Crippen LogP contribution in [-0.2, 0) is 19.2 Å². The van der Waals surface area contributed by atoms with Crippen LogP contribution in [0.15, 0.2) is 0 Å². The zero-order chi connectivity index (χ0) is 16.6. The maximum Gasteiger partial charge on any atom is 0.326 e. The van der Waals surface area contributed by atoms with Crippen LogP contribution in [0.4, 0.5) is 0 Å². The Bertz CT molecular complexity index is 410. The summed E-state index contributed by atoms with van der Waals surface area (Å²) in [5.74, 6) is -3.84. The average Bonchev–Trinajstić information content (AvgIpc) is 2.38. The Morgan fingerprint density at radius 1 is 1.14 bits per heavy atom. The number of hydrogen-bond donors (Lipinski definition) is 5. The van der Waals surface area contributed by atoms with Gasteiger partial charge in [-0.15, -0.1) is 0 Å². The van der Waals surface area contributed by atoms with Crippen LogP contribution < -0.4 is 16.4 Å². The van der Waals surface area contributed by atoms with E-state index >= 15 is 0 Å². The molecule has 0 saturated carbocycles. The zero-order valence-electron chi connectivity index (χ0n) is 12.0. The van der Waals surface area contributed by atoms with Gasteiger partial charge in [-0.2, -0.15) is 0 Å². The second-order valence-electron chi connectivity index (χ2n) is 4.88. The van der Waals surface area contributed by atoms with Crippen molar-refractivity contribution in [2.45, 2.75) is 38.8 Å². The van der Waals surface area contributed by atoms with E-state index in [1.54, 1.807) is 13.8 Å². The van der Waals surface area contributed by atoms with Crippen molar-refractivity contribution in [1.29, 1.82) is 0 Å². The van der Waals surface area contributed by atoms with Crippen molar-refractivity contribution in [2.24, 2.45) is 11.7 Å². The number of amides is 2. The van der Waals surface area contributed by atoms with E-state index in [4.69, 9.17) is 15.9 Å². The molecule has 9 heteroatoms. The van der Waals surface area contributed by atoms with Gasteiger partial charge in [-0.25, -0.2) is 4.79 Å². The van der Waals surface area contributed by atoms with E-state index in [1.165, 1.54) is 0 Å². The number of carboxylic acid groups (broad SMARTS) is 2. The van der Waals surface area contributed by atoms with Gasteiger partial charge >= 0.3 is 11.9 Å². The Kier molecular flexibility index (Phi) is 7.99. The number of aliphatic carboxylic acids is 2. The molecule has 0 radical (unpaired) electrons. The van der Waals surface area contributed by atoms with Crippen molar-refractivity contribution < 1.29 is 29.4 Å². The minimum Gasteiger partial charge on any atom is -0.481 e. The SMILES string of the molecule is CC(C)[C@H](N)C(=O)NCC(=O)NC(CCC(=O)O)C(=O)O. The lowest BCUT2D eigenvalue weighted by molar-refractivity contribution is -0.143. The number of carboxylic acids is 2. The molecule has 0 aromatic heterocycles. The predicted octanol–water partition coefficient (Wildman–Crippen LogP) is -1.48. The molecule has 0 aliphatic carbocycles. The van der Waals surface area contributed by atoms with E-state index in [0.29, 0.717) is 0 Å². The first-order valence-electron chi connectivity index (χ1n) is 6.42. The van der Waals surface area contributed by atoms with E-state index in [1.807, 2.05) is 0 Å². The summed E-state index contributed by atoms with van der Waals surface area (Å²) < 4.78 is 0. The summed E-state index contributed by atoms with van der Waals surface area (Å²) in [5, 5.41) is 21.8. The lowest BCUT2D eigenvalue weighted by atomic mass is 10.1. The fourth-order valence-corrected chi connectivity index (χ4v) is 1.36. The van der Waals surface area contributed by atoms with Crippen LogP contribution in [-0.4, -0.2) is 52.6 Å². The quantitative estimate of drug-likeness (QED) is 0.347. The number of carbonyl (C=O) groups excluding carboxylic acids is 2. The Hall–Kier alpha value is -2.16. The van der Waals surface area contributed by atoms with Gasteiger partial charge in [-0.3, -0.25) is 14.4 Å². The Labute approximate surface area is 121 Å². The largest absolute Gasteiger partial charge is 0.481 e. The fraction of sp³-hybridized carbons (Fsp3) is 0.667. The molecule has 0 heterocycles. The number of hydrogen-bond acceptors (Lipinski definition) is 5. The summed E-state index contributed by atoms with van der Waals surface area (Å²) >= 11 is 0. The third kappa shape index (κ3) is 7.88. The highest BCUT2D eigenvalue weighted by molar-refractivity contribution is 5.89. The van der Waals surface area contributed by atoms with Gasteiger partial charge in [0.25, 0.3) is 0 Å². The molecule has 21 heavy (non-hydrogen) atoms. The van der Waals surface area contributed by atoms with Crippen molar-refractivity contribution in [2.75, 3.05) is 6.54 Å². The smallest absolute Gasteiger partial charge is 0.326 e. The molecule has 9 nitrogen and oxygen atoms in total. The number of rotatable bonds is 9. The van der Waals surface area contributed by atoms with Crippen molar-refractivity contribution in [1.82, 2.24) is 10.6 Å². The van der Waals surface area contributed by atoms with Gasteiger partial charge in [0.2, 0.25) is 11.8 Å². The predicted molar refractivity (Wildman–Crippen MR) is 72.3 cm³/mol. The first kappa shape index (κ1) is 18.8. The Balaban J connectivity index is 4.29. The second kappa shape index (κ2) is 8.90. The molecule has 1 unspecified atom stereocenters. The van der Waals surface area contributed by atoms with Gasteiger partial charge in [0.05, 0.1) is 12.6 Å². The first-order chi connectivity index (χ1) is 9.65. The number of nitrogens with two attached hydrogens (primary N) is 1. The molecular weight excluding hydrogens is 282 g/mol. The molecule has 0 rings (SSSR count). The minimum absolute atomic E-state index is 0.101. The Morgan fingerprint density at radius 3 is 2.14 bits per heavy atom. The number of nitrogens with one attached hydrogen (secondary N) is 2. The van der Waals surface area contributed by atoms with E-state index in [-0.39, 0.29) is 18.8 Å². The molecule has 0 aromatic carbocycles. The van der Waals surface area contributed by atoms with E-state index in [9.17, 15) is 19.2 Å². The number of carbonyl (C=O) groups is 4. The maximum absolute atomic E-state index is 11.5. The zero-order valence-corrected chi connectivity index (χ0v) is 12.0. The fourth-order valence-electron chi connectivity index (χ4n) is 1.36. The van der Waals surface area contributed by atoms with Crippen LogP contribution >= 0.6 is 0 Å². The van der Waals surface area contributed by atoms with Gasteiger partial charge in [0, 0.05) is 6.42 Å². The van der Waals surface area contributed by atoms with Crippen molar-refractivity contribution >= 4 is 23.8 Å². The van der Waals surface area contributed by atoms with Crippen molar-refractivity contribution in [3.8, 4) is 0 Å². The summed E-state index contributed by atoms with van der Waals surface area (Å²) in [6.45, 7) is 3.07. The highest BCUT2D eigenvalue weighted by Gasteiger charge is 2.22. The van der Waals surface area contributed by atoms with Crippen LogP contribution in [0.2, 0.25) is 0 Å². The van der Waals surface area contributed by atoms with Crippen LogP contribution in [0, 0.1) is 5.92 Å². The third-order valence-corrected chi connectivity index (χ3v) is 2.72. The molecule has 2 amide bonds. The van der Waals surface area contributed by atoms with Crippen LogP contribution in [0.1, 0.15) is 26.7 Å². The third-order valence-electron chi connectivity index (χ3n) is 2.72. The van der Waals surface area contributed by atoms with E-state index in [0.717, 1.165) is 0 Å². The van der Waals surface area contributed by atoms with Gasteiger partial charge in [-0.05, 0) is 12.3 Å². The van der Waals surface area contributed by atoms with E-state index < -0.39 is 42.4 Å². The highest BCUT2D eigenvalue weighted by Crippen LogP contribution is 1.99. The molecule has 0 saturated heterocycles. The second-order valence-corrected chi connectivity index (χ2v) is 4.88. The summed E-state index contributed by atoms with van der Waals surface area (Å²) in [5.41, 5.74) is 5.57. The average molecular weight is 303 g/mol. The molecule has 0 bridgehead atoms. The lowest BCUT2D eigenvalue weighted by Crippen LogP contribution is -2.49. The molecule has 0 aliphatic rings. The topological polar surface area (TPSA) is 159 Å². The minimum atomic E-state index is -1.34. The van der Waals surface area contributed by atoms with E-state index in [2.05, 4.69) is 10.6 Å². The first-order valence-corrected chi connectivity index (χ1v) is 6.42. The summed E-state index contributed by atoms with van der Waals surface area (Å²) in [4.78, 5) is 44.3. The van der Waals surface area contributed by atoms with Crippen LogP contribution in [0.5, 0.6) is 0 Å². The van der Waals surface area contributed by atoms with Crippen molar-refractivity contribution in [3.05, 3.63) is 0 Å². The normalized spacial score (nSPS) is 13.3. The lowest BCUT2D eigenvalue weighted by Gasteiger charge is -2.16. The molecule has 2 atom stereocenters. The standard InChI is InChI=1S/C12H21N3O6/c1-6(2)10(13)11(19)14-5-8(16)15-7(12(20)21)3-4-9(17)18/h6-7,10H,3-5,13H2,1-2H3,(H,14,19)(H,15,16)(H,17,18)(H,20,21)/t7?,10-/m0/s1. The molecule has 120 valence electrons. The molecule has 0 fully saturated rings. The Morgan fingerprint density at radius 2 is 1.71 bits per heavy atom. The van der Waals surface area contributed by atoms with Crippen molar-refractivity contribution in [3.63, 3.8) is 0 Å². The molecule has 6 N–H and O–H groups in total. The van der Waals surface area contributed by atoms with Gasteiger partial charge in [-0.1, -0.05) is 13.8 Å². The monoisotopic (exact) mass is 303 g/mol. The maximum atomic E-state index is 11.5.